The van der Waals surface area contributed by atoms with Crippen molar-refractivity contribution in [2.45, 2.75) is 13.3 Å². The monoisotopic (exact) mass is 272 g/mol. The van der Waals surface area contributed by atoms with Crippen LogP contribution in [0.25, 0.3) is 0 Å². The summed E-state index contributed by atoms with van der Waals surface area (Å²) in [6.07, 6.45) is 0.743. The molecule has 1 heterocycles. The molecule has 2 aromatic rings. The maximum atomic E-state index is 10.9. The standard InChI is InChI=1S/C14H16N4O2/c1-10-2-7-13(18(19)20)14(17-10)16-9-8-11-3-5-12(15)6-4-11/h2-7H,8-9,15H2,1H3,(H,16,17). The van der Waals surface area contributed by atoms with Crippen LogP contribution < -0.4 is 11.1 Å². The van der Waals surface area contributed by atoms with Crippen LogP contribution in [0.4, 0.5) is 17.2 Å². The van der Waals surface area contributed by atoms with Crippen LogP contribution in [0, 0.1) is 17.0 Å². The SMILES string of the molecule is Cc1ccc([N+](=O)[O-])c(NCCc2ccc(N)cc2)n1. The Morgan fingerprint density at radius 3 is 2.60 bits per heavy atom. The van der Waals surface area contributed by atoms with Crippen LogP contribution >= 0.6 is 0 Å². The summed E-state index contributed by atoms with van der Waals surface area (Å²) >= 11 is 0. The number of benzene rings is 1. The largest absolute Gasteiger partial charge is 0.399 e. The Bertz CT molecular complexity index is 611. The zero-order chi connectivity index (χ0) is 14.5. The van der Waals surface area contributed by atoms with Gasteiger partial charge in [0.2, 0.25) is 5.82 Å². The summed E-state index contributed by atoms with van der Waals surface area (Å²) in [7, 11) is 0. The lowest BCUT2D eigenvalue weighted by atomic mass is 10.1. The molecule has 0 unspecified atom stereocenters. The molecular weight excluding hydrogens is 256 g/mol. The lowest BCUT2D eigenvalue weighted by Gasteiger charge is -2.07. The molecule has 0 saturated carbocycles. The number of aromatic nitrogens is 1. The van der Waals surface area contributed by atoms with E-state index in [1.54, 1.807) is 13.0 Å². The highest BCUT2D eigenvalue weighted by molar-refractivity contribution is 5.56. The van der Waals surface area contributed by atoms with Gasteiger partial charge in [0.05, 0.1) is 4.92 Å². The predicted molar refractivity (Wildman–Crippen MR) is 78.7 cm³/mol. The fraction of sp³-hybridized carbons (Fsp3) is 0.214. The minimum atomic E-state index is -0.433. The van der Waals surface area contributed by atoms with E-state index < -0.39 is 4.92 Å². The number of nitrogens with one attached hydrogen (secondary N) is 1. The second kappa shape index (κ2) is 6.01. The average molecular weight is 272 g/mol. The van der Waals surface area contributed by atoms with Gasteiger partial charge in [-0.3, -0.25) is 10.1 Å². The van der Waals surface area contributed by atoms with E-state index in [1.165, 1.54) is 6.07 Å². The van der Waals surface area contributed by atoms with Gasteiger partial charge in [0.1, 0.15) is 0 Å². The molecule has 3 N–H and O–H groups in total. The van der Waals surface area contributed by atoms with Crippen LogP contribution in [0.3, 0.4) is 0 Å². The number of aryl methyl sites for hydroxylation is 1. The van der Waals surface area contributed by atoms with Crippen LogP contribution in [0.1, 0.15) is 11.3 Å². The minimum absolute atomic E-state index is 0.00657. The van der Waals surface area contributed by atoms with E-state index in [1.807, 2.05) is 24.3 Å². The number of rotatable bonds is 5. The average Bonchev–Trinajstić information content (AvgIpc) is 2.41. The van der Waals surface area contributed by atoms with Gasteiger partial charge in [-0.25, -0.2) is 4.98 Å². The molecular formula is C14H16N4O2. The highest BCUT2D eigenvalue weighted by atomic mass is 16.6. The summed E-state index contributed by atoms with van der Waals surface area (Å²) in [5, 5.41) is 13.9. The zero-order valence-corrected chi connectivity index (χ0v) is 11.2. The molecule has 0 saturated heterocycles. The van der Waals surface area contributed by atoms with Crippen molar-refractivity contribution in [1.82, 2.24) is 4.98 Å². The predicted octanol–water partition coefficient (Wildman–Crippen LogP) is 2.54. The van der Waals surface area contributed by atoms with Gasteiger partial charge in [-0.15, -0.1) is 0 Å². The maximum absolute atomic E-state index is 10.9. The van der Waals surface area contributed by atoms with Crippen molar-refractivity contribution in [3.8, 4) is 0 Å². The molecule has 0 aliphatic heterocycles. The molecule has 0 bridgehead atoms. The summed E-state index contributed by atoms with van der Waals surface area (Å²) < 4.78 is 0. The second-order valence-electron chi connectivity index (χ2n) is 4.50. The normalized spacial score (nSPS) is 10.2. The number of hydrogen-bond acceptors (Lipinski definition) is 5. The van der Waals surface area contributed by atoms with Gasteiger partial charge < -0.3 is 11.1 Å². The molecule has 1 aromatic heterocycles. The second-order valence-corrected chi connectivity index (χ2v) is 4.50. The third kappa shape index (κ3) is 3.44. The number of pyridine rings is 1. The summed E-state index contributed by atoms with van der Waals surface area (Å²) in [5.74, 6) is 0.311. The molecule has 2 rings (SSSR count). The number of nitrogen functional groups attached to an aromatic ring is 1. The van der Waals surface area contributed by atoms with Crippen molar-refractivity contribution in [2.75, 3.05) is 17.6 Å². The molecule has 6 nitrogen and oxygen atoms in total. The minimum Gasteiger partial charge on any atom is -0.399 e. The number of anilines is 2. The van der Waals surface area contributed by atoms with E-state index in [4.69, 9.17) is 5.73 Å². The van der Waals surface area contributed by atoms with Gasteiger partial charge in [-0.2, -0.15) is 0 Å². The number of nitro groups is 1. The molecule has 0 radical (unpaired) electrons. The van der Waals surface area contributed by atoms with Crippen molar-refractivity contribution in [1.29, 1.82) is 0 Å². The van der Waals surface area contributed by atoms with Gasteiger partial charge in [-0.1, -0.05) is 12.1 Å². The van der Waals surface area contributed by atoms with Gasteiger partial charge in [-0.05, 0) is 37.1 Å². The molecule has 0 aliphatic carbocycles. The van der Waals surface area contributed by atoms with Gasteiger partial charge >= 0.3 is 5.69 Å². The van der Waals surface area contributed by atoms with Gasteiger partial charge in [0, 0.05) is 24.0 Å². The van der Waals surface area contributed by atoms with Crippen molar-refractivity contribution in [3.05, 3.63) is 57.8 Å². The molecule has 0 amide bonds. The van der Waals surface area contributed by atoms with Crippen LogP contribution in [0.2, 0.25) is 0 Å². The Kier molecular flexibility index (Phi) is 4.14. The Balaban J connectivity index is 2.02. The first-order valence-electron chi connectivity index (χ1n) is 6.26. The van der Waals surface area contributed by atoms with E-state index in [0.717, 1.165) is 23.4 Å². The van der Waals surface area contributed by atoms with Gasteiger partial charge in [0.25, 0.3) is 0 Å². The molecule has 20 heavy (non-hydrogen) atoms. The van der Waals surface area contributed by atoms with Crippen molar-refractivity contribution in [2.24, 2.45) is 0 Å². The van der Waals surface area contributed by atoms with Crippen molar-refractivity contribution < 1.29 is 4.92 Å². The summed E-state index contributed by atoms with van der Waals surface area (Å²) in [6, 6.07) is 10.6. The van der Waals surface area contributed by atoms with E-state index in [-0.39, 0.29) is 5.69 Å². The number of nitrogens with zero attached hydrogens (tertiary/aromatic N) is 2. The fourth-order valence-corrected chi connectivity index (χ4v) is 1.84. The summed E-state index contributed by atoms with van der Waals surface area (Å²) in [4.78, 5) is 14.6. The quantitative estimate of drug-likeness (QED) is 0.495. The first-order chi connectivity index (χ1) is 9.56. The first-order valence-corrected chi connectivity index (χ1v) is 6.26. The molecule has 0 fully saturated rings. The van der Waals surface area contributed by atoms with Crippen LogP contribution in [-0.2, 0) is 6.42 Å². The topological polar surface area (TPSA) is 94.1 Å². The van der Waals surface area contributed by atoms with Crippen molar-refractivity contribution in [3.63, 3.8) is 0 Å². The first kappa shape index (κ1) is 13.8. The smallest absolute Gasteiger partial charge is 0.311 e. The van der Waals surface area contributed by atoms with Gasteiger partial charge in [0.15, 0.2) is 0 Å². The molecule has 104 valence electrons. The highest BCUT2D eigenvalue weighted by Crippen LogP contribution is 2.21. The van der Waals surface area contributed by atoms with Crippen LogP contribution in [0.5, 0.6) is 0 Å². The molecule has 0 spiro atoms. The molecule has 1 aromatic carbocycles. The Hall–Kier alpha value is -2.63. The summed E-state index contributed by atoms with van der Waals surface area (Å²) in [5.41, 5.74) is 8.18. The third-order valence-electron chi connectivity index (χ3n) is 2.90. The Morgan fingerprint density at radius 2 is 1.95 bits per heavy atom. The van der Waals surface area contributed by atoms with E-state index in [2.05, 4.69) is 10.3 Å². The molecule has 0 aliphatic rings. The van der Waals surface area contributed by atoms with E-state index in [9.17, 15) is 10.1 Å². The summed E-state index contributed by atoms with van der Waals surface area (Å²) in [6.45, 7) is 2.37. The Morgan fingerprint density at radius 1 is 1.25 bits per heavy atom. The molecule has 6 heteroatoms. The maximum Gasteiger partial charge on any atom is 0.311 e. The zero-order valence-electron chi connectivity index (χ0n) is 11.2. The number of hydrogen-bond donors (Lipinski definition) is 2. The van der Waals surface area contributed by atoms with E-state index in [0.29, 0.717) is 12.4 Å². The molecule has 0 atom stereocenters. The van der Waals surface area contributed by atoms with E-state index >= 15 is 0 Å². The third-order valence-corrected chi connectivity index (χ3v) is 2.90. The van der Waals surface area contributed by atoms with Crippen LogP contribution in [-0.4, -0.2) is 16.5 Å². The lowest BCUT2D eigenvalue weighted by Crippen LogP contribution is -2.09. The van der Waals surface area contributed by atoms with Crippen molar-refractivity contribution >= 4 is 17.2 Å². The fourth-order valence-electron chi connectivity index (χ4n) is 1.84. The Labute approximate surface area is 116 Å². The highest BCUT2D eigenvalue weighted by Gasteiger charge is 2.14. The number of nitrogens with two attached hydrogens (primary N) is 1. The lowest BCUT2D eigenvalue weighted by molar-refractivity contribution is -0.384. The van der Waals surface area contributed by atoms with Crippen LogP contribution in [0.15, 0.2) is 36.4 Å².